The Morgan fingerprint density at radius 2 is 1.74 bits per heavy atom. The third kappa shape index (κ3) is 4.71. The van der Waals surface area contributed by atoms with Crippen molar-refractivity contribution in [3.05, 3.63) is 48.5 Å². The molecular formula is C19H22N2O5S. The average Bonchev–Trinajstić information content (AvgIpc) is 3.45. The lowest BCUT2D eigenvalue weighted by molar-refractivity contribution is -0.118. The summed E-state index contributed by atoms with van der Waals surface area (Å²) >= 11 is 0. The van der Waals surface area contributed by atoms with E-state index in [0.717, 1.165) is 12.8 Å². The van der Waals surface area contributed by atoms with Gasteiger partial charge in [-0.25, -0.2) is 8.42 Å². The lowest BCUT2D eigenvalue weighted by atomic mass is 10.2. The lowest BCUT2D eigenvalue weighted by Crippen LogP contribution is -2.33. The van der Waals surface area contributed by atoms with Crippen LogP contribution in [0, 0.1) is 0 Å². The summed E-state index contributed by atoms with van der Waals surface area (Å²) in [5.74, 6) is 0.597. The van der Waals surface area contributed by atoms with Gasteiger partial charge in [-0.1, -0.05) is 24.3 Å². The molecule has 1 aliphatic carbocycles. The first-order chi connectivity index (χ1) is 12.9. The molecule has 1 fully saturated rings. The number of rotatable bonds is 8. The molecular weight excluding hydrogens is 368 g/mol. The number of sulfonamides is 1. The van der Waals surface area contributed by atoms with Crippen LogP contribution in [0.15, 0.2) is 48.5 Å². The van der Waals surface area contributed by atoms with Crippen LogP contribution in [0.2, 0.25) is 0 Å². The van der Waals surface area contributed by atoms with Crippen LogP contribution < -0.4 is 19.1 Å². The zero-order chi connectivity index (χ0) is 19.4. The topological polar surface area (TPSA) is 84.9 Å². The van der Waals surface area contributed by atoms with Gasteiger partial charge in [-0.2, -0.15) is 0 Å². The molecule has 0 unspecified atom stereocenters. The minimum absolute atomic E-state index is 0.0529. The average molecular weight is 390 g/mol. The van der Waals surface area contributed by atoms with Crippen molar-refractivity contribution in [1.82, 2.24) is 0 Å². The number of hydrogen-bond donors (Lipinski definition) is 1. The molecule has 144 valence electrons. The predicted octanol–water partition coefficient (Wildman–Crippen LogP) is 2.64. The van der Waals surface area contributed by atoms with E-state index in [2.05, 4.69) is 5.32 Å². The molecule has 0 aliphatic heterocycles. The summed E-state index contributed by atoms with van der Waals surface area (Å²) in [5.41, 5.74) is 0.900. The molecule has 3 rings (SSSR count). The monoisotopic (exact) mass is 390 g/mol. The fraction of sp³-hybridized carbons (Fsp3) is 0.316. The molecule has 0 bridgehead atoms. The van der Waals surface area contributed by atoms with Gasteiger partial charge in [0.15, 0.2) is 18.1 Å². The summed E-state index contributed by atoms with van der Waals surface area (Å²) in [6.45, 7) is -0.225. The van der Waals surface area contributed by atoms with Crippen LogP contribution in [0.3, 0.4) is 0 Å². The maximum absolute atomic E-state index is 12.4. The van der Waals surface area contributed by atoms with E-state index in [1.807, 2.05) is 0 Å². The van der Waals surface area contributed by atoms with E-state index in [1.54, 1.807) is 48.5 Å². The second kappa shape index (κ2) is 7.87. The van der Waals surface area contributed by atoms with Gasteiger partial charge in [-0.05, 0) is 37.1 Å². The Bertz CT molecular complexity index is 925. The van der Waals surface area contributed by atoms with Crippen molar-refractivity contribution in [2.45, 2.75) is 18.9 Å². The van der Waals surface area contributed by atoms with Crippen LogP contribution in [-0.4, -0.2) is 40.3 Å². The van der Waals surface area contributed by atoms with Crippen LogP contribution >= 0.6 is 0 Å². The fourth-order valence-electron chi connectivity index (χ4n) is 2.79. The van der Waals surface area contributed by atoms with Gasteiger partial charge in [0.2, 0.25) is 10.0 Å². The molecule has 0 aromatic heterocycles. The van der Waals surface area contributed by atoms with E-state index in [4.69, 9.17) is 9.47 Å². The quantitative estimate of drug-likeness (QED) is 0.749. The molecule has 0 spiro atoms. The molecule has 2 aromatic carbocycles. The largest absolute Gasteiger partial charge is 0.493 e. The summed E-state index contributed by atoms with van der Waals surface area (Å²) in [7, 11) is -1.92. The van der Waals surface area contributed by atoms with Crippen LogP contribution in [0.5, 0.6) is 11.5 Å². The molecule has 1 saturated carbocycles. The van der Waals surface area contributed by atoms with Crippen LogP contribution in [0.25, 0.3) is 0 Å². The number of hydrogen-bond acceptors (Lipinski definition) is 5. The summed E-state index contributed by atoms with van der Waals surface area (Å²) in [5, 5.41) is 2.74. The van der Waals surface area contributed by atoms with Gasteiger partial charge in [-0.3, -0.25) is 9.10 Å². The number of carbonyl (C=O) groups excluding carboxylic acids is 1. The predicted molar refractivity (Wildman–Crippen MR) is 104 cm³/mol. The zero-order valence-corrected chi connectivity index (χ0v) is 16.0. The zero-order valence-electron chi connectivity index (χ0n) is 15.2. The Labute approximate surface area is 158 Å². The minimum Gasteiger partial charge on any atom is -0.493 e. The SMILES string of the molecule is COc1ccccc1OCC(=O)Nc1ccccc1N(C1CC1)S(C)(=O)=O. The summed E-state index contributed by atoms with van der Waals surface area (Å²) in [6.07, 6.45) is 2.80. The van der Waals surface area contributed by atoms with Crippen molar-refractivity contribution < 1.29 is 22.7 Å². The Balaban J connectivity index is 1.73. The highest BCUT2D eigenvalue weighted by atomic mass is 32.2. The van der Waals surface area contributed by atoms with Gasteiger partial charge < -0.3 is 14.8 Å². The van der Waals surface area contributed by atoms with Gasteiger partial charge >= 0.3 is 0 Å². The third-order valence-electron chi connectivity index (χ3n) is 4.08. The Hall–Kier alpha value is -2.74. The van der Waals surface area contributed by atoms with E-state index >= 15 is 0 Å². The Morgan fingerprint density at radius 1 is 1.11 bits per heavy atom. The van der Waals surface area contributed by atoms with Crippen LogP contribution in [0.1, 0.15) is 12.8 Å². The summed E-state index contributed by atoms with van der Waals surface area (Å²) in [4.78, 5) is 12.4. The van der Waals surface area contributed by atoms with Crippen molar-refractivity contribution in [3.8, 4) is 11.5 Å². The van der Waals surface area contributed by atoms with Gasteiger partial charge in [0, 0.05) is 6.04 Å². The molecule has 1 amide bonds. The molecule has 7 nitrogen and oxygen atoms in total. The minimum atomic E-state index is -3.44. The highest BCUT2D eigenvalue weighted by molar-refractivity contribution is 7.92. The summed E-state index contributed by atoms with van der Waals surface area (Å²) < 4.78 is 36.5. The number of carbonyl (C=O) groups is 1. The van der Waals surface area contributed by atoms with Crippen molar-refractivity contribution >= 4 is 27.3 Å². The van der Waals surface area contributed by atoms with Crippen LogP contribution in [-0.2, 0) is 14.8 Å². The Morgan fingerprint density at radius 3 is 2.37 bits per heavy atom. The van der Waals surface area contributed by atoms with Gasteiger partial charge in [0.1, 0.15) is 0 Å². The number of benzene rings is 2. The number of nitrogens with zero attached hydrogens (tertiary/aromatic N) is 1. The van der Waals surface area contributed by atoms with Gasteiger partial charge in [0.05, 0.1) is 24.7 Å². The third-order valence-corrected chi connectivity index (χ3v) is 5.29. The standard InChI is InChI=1S/C19H22N2O5S/c1-25-17-9-5-6-10-18(17)26-13-19(22)20-15-7-3-4-8-16(15)21(14-11-12-14)27(2,23)24/h3-10,14H,11-13H2,1-2H3,(H,20,22). The first kappa shape index (κ1) is 19.0. The highest BCUT2D eigenvalue weighted by Crippen LogP contribution is 2.37. The van der Waals surface area contributed by atoms with E-state index < -0.39 is 15.9 Å². The highest BCUT2D eigenvalue weighted by Gasteiger charge is 2.36. The molecule has 0 atom stereocenters. The normalized spacial score (nSPS) is 13.7. The van der Waals surface area contributed by atoms with Crippen molar-refractivity contribution in [1.29, 1.82) is 0 Å². The maximum Gasteiger partial charge on any atom is 0.262 e. The first-order valence-electron chi connectivity index (χ1n) is 8.54. The molecule has 8 heteroatoms. The Kier molecular flexibility index (Phi) is 5.55. The number of ether oxygens (including phenoxy) is 2. The number of amides is 1. The first-order valence-corrected chi connectivity index (χ1v) is 10.4. The van der Waals surface area contributed by atoms with Crippen molar-refractivity contribution in [2.75, 3.05) is 29.6 Å². The number of methoxy groups -OCH3 is 1. The number of nitrogens with one attached hydrogen (secondary N) is 1. The number of para-hydroxylation sites is 4. The number of anilines is 2. The van der Waals surface area contributed by atoms with Crippen molar-refractivity contribution in [3.63, 3.8) is 0 Å². The fourth-order valence-corrected chi connectivity index (χ4v) is 4.06. The smallest absolute Gasteiger partial charge is 0.262 e. The molecule has 0 saturated heterocycles. The molecule has 2 aromatic rings. The second-order valence-electron chi connectivity index (χ2n) is 6.29. The van der Waals surface area contributed by atoms with E-state index in [1.165, 1.54) is 17.7 Å². The van der Waals surface area contributed by atoms with E-state index in [9.17, 15) is 13.2 Å². The van der Waals surface area contributed by atoms with Crippen molar-refractivity contribution in [2.24, 2.45) is 0 Å². The summed E-state index contributed by atoms with van der Waals surface area (Å²) in [6, 6.07) is 13.8. The van der Waals surface area contributed by atoms with Gasteiger partial charge in [-0.15, -0.1) is 0 Å². The molecule has 27 heavy (non-hydrogen) atoms. The van der Waals surface area contributed by atoms with Crippen LogP contribution in [0.4, 0.5) is 11.4 Å². The lowest BCUT2D eigenvalue weighted by Gasteiger charge is -2.24. The van der Waals surface area contributed by atoms with E-state index in [-0.39, 0.29) is 12.6 Å². The molecule has 0 heterocycles. The maximum atomic E-state index is 12.4. The molecule has 0 radical (unpaired) electrons. The second-order valence-corrected chi connectivity index (χ2v) is 8.15. The van der Waals surface area contributed by atoms with E-state index in [0.29, 0.717) is 22.9 Å². The molecule has 1 aliphatic rings. The van der Waals surface area contributed by atoms with Gasteiger partial charge in [0.25, 0.3) is 5.91 Å². The molecule has 1 N–H and O–H groups in total.